The van der Waals surface area contributed by atoms with Crippen molar-refractivity contribution in [2.24, 2.45) is 5.73 Å². The Morgan fingerprint density at radius 1 is 0.676 bits per heavy atom. The van der Waals surface area contributed by atoms with E-state index in [0.29, 0.717) is 6.92 Å². The number of alkyl halides is 17. The highest BCUT2D eigenvalue weighted by Gasteiger charge is 2.95. The van der Waals surface area contributed by atoms with E-state index >= 15 is 0 Å². The van der Waals surface area contributed by atoms with Crippen LogP contribution in [-0.2, 0) is 20.0 Å². The summed E-state index contributed by atoms with van der Waals surface area (Å²) in [6, 6.07) is 0. The van der Waals surface area contributed by atoms with Gasteiger partial charge in [0.25, 0.3) is 0 Å². The number of rotatable bonds is 11. The molecule has 0 rings (SSSR count). The quantitative estimate of drug-likeness (QED) is 0.154. The summed E-state index contributed by atoms with van der Waals surface area (Å²) in [5, 5.41) is 0. The van der Waals surface area contributed by atoms with Gasteiger partial charge >= 0.3 is 47.8 Å². The zero-order valence-electron chi connectivity index (χ0n) is 16.3. The van der Waals surface area contributed by atoms with E-state index in [9.17, 15) is 78.8 Å². The van der Waals surface area contributed by atoms with Crippen LogP contribution in [0.15, 0.2) is 12.8 Å². The molecule has 0 aliphatic heterocycles. The third-order valence-corrected chi connectivity index (χ3v) is 4.21. The van der Waals surface area contributed by atoms with Gasteiger partial charge in [-0.15, -0.1) is 0 Å². The molecule has 37 heavy (non-hydrogen) atoms. The zero-order chi connectivity index (χ0) is 29.1. The van der Waals surface area contributed by atoms with Gasteiger partial charge in [0.15, 0.2) is 11.1 Å². The molecule has 1 atom stereocenters. The van der Waals surface area contributed by atoms with Gasteiger partial charge in [0.2, 0.25) is 0 Å². The Morgan fingerprint density at radius 3 is 1.19 bits per heavy atom. The summed E-state index contributed by atoms with van der Waals surface area (Å²) in [6.07, 6.45) is -13.6. The van der Waals surface area contributed by atoms with Crippen molar-refractivity contribution in [3.8, 4) is 0 Å². The van der Waals surface area contributed by atoms with Gasteiger partial charge in [0.05, 0.1) is 6.26 Å². The molecule has 0 aromatic carbocycles. The highest BCUT2D eigenvalue weighted by molar-refractivity contribution is 7.80. The third kappa shape index (κ3) is 7.30. The van der Waals surface area contributed by atoms with E-state index in [-0.39, 0.29) is 21.6 Å². The van der Waals surface area contributed by atoms with Crippen molar-refractivity contribution in [1.82, 2.24) is 0 Å². The maximum atomic E-state index is 13.2. The van der Waals surface area contributed by atoms with Crippen LogP contribution in [0, 0.1) is 0 Å². The van der Waals surface area contributed by atoms with Crippen molar-refractivity contribution in [1.29, 1.82) is 0 Å². The van der Waals surface area contributed by atoms with E-state index in [4.69, 9.17) is 5.73 Å². The Balaban J connectivity index is -0.000000704. The van der Waals surface area contributed by atoms with Crippen LogP contribution in [0.2, 0.25) is 0 Å². The predicted molar refractivity (Wildman–Crippen MR) is 94.3 cm³/mol. The van der Waals surface area contributed by atoms with Crippen molar-refractivity contribution in [3.63, 3.8) is 0 Å². The molecule has 2 N–H and O–H groups in total. The molecule has 4 nitrogen and oxygen atoms in total. The van der Waals surface area contributed by atoms with Crippen molar-refractivity contribution in [2.45, 2.75) is 69.6 Å². The lowest BCUT2D eigenvalue weighted by atomic mass is 9.91. The van der Waals surface area contributed by atoms with E-state index in [1.807, 2.05) is 0 Å². The molecule has 0 radical (unpaired) electrons. The van der Waals surface area contributed by atoms with Crippen LogP contribution in [0.5, 0.6) is 0 Å². The summed E-state index contributed by atoms with van der Waals surface area (Å²) in [7, 11) is 0. The molecule has 1 unspecified atom stereocenters. The molecule has 0 saturated heterocycles. The number of ether oxygens (including phenoxy) is 1. The Hall–Kier alpha value is -1.58. The minimum absolute atomic E-state index is 0. The molecule has 0 aliphatic carbocycles. The smallest absolute Gasteiger partial charge is 0.460 e. The molecule has 0 saturated carbocycles. The van der Waals surface area contributed by atoms with Crippen LogP contribution in [0.1, 0.15) is 21.8 Å². The van der Waals surface area contributed by atoms with Gasteiger partial charge in [-0.05, 0) is 0 Å². The molecule has 0 aliphatic rings. The molecular weight excluding hydrogens is 597 g/mol. The van der Waals surface area contributed by atoms with Crippen molar-refractivity contribution >= 4 is 11.1 Å². The molecular formula is C15H20F17NO3S. The summed E-state index contributed by atoms with van der Waals surface area (Å²) in [6.45, 7) is 4.06. The number of hydrogen-bond donors (Lipinski definition) is 1. The zero-order valence-corrected chi connectivity index (χ0v) is 17.2. The maximum Gasteiger partial charge on any atom is 0.460 e. The van der Waals surface area contributed by atoms with Crippen LogP contribution < -0.4 is 5.73 Å². The molecule has 0 amide bonds. The molecule has 22 heteroatoms. The predicted octanol–water partition coefficient (Wildman–Crippen LogP) is 6.99. The fourth-order valence-electron chi connectivity index (χ4n) is 1.45. The third-order valence-electron chi connectivity index (χ3n) is 3.34. The topological polar surface area (TPSA) is 61.5 Å². The first-order valence-electron chi connectivity index (χ1n) is 7.84. The monoisotopic (exact) mass is 617 g/mol. The first-order valence-corrected chi connectivity index (χ1v) is 9.08. The second-order valence-corrected chi connectivity index (χ2v) is 6.99. The lowest BCUT2D eigenvalue weighted by molar-refractivity contribution is -0.471. The fourth-order valence-corrected chi connectivity index (χ4v) is 1.90. The second kappa shape index (κ2) is 13.0. The van der Waals surface area contributed by atoms with Crippen LogP contribution in [0.25, 0.3) is 0 Å². The summed E-state index contributed by atoms with van der Waals surface area (Å²) >= 11 is -3.68. The maximum absolute atomic E-state index is 13.2. The highest BCUT2D eigenvalue weighted by atomic mass is 32.2. The second-order valence-electron chi connectivity index (χ2n) is 5.64. The highest BCUT2D eigenvalue weighted by Crippen LogP contribution is 2.64. The summed E-state index contributed by atoms with van der Waals surface area (Å²) in [5.41, 5.74) is 4.85. The summed E-state index contributed by atoms with van der Waals surface area (Å²) < 4.78 is 235. The Kier molecular flexibility index (Phi) is 14.9. The first kappa shape index (κ1) is 42.5. The SMILES string of the molecule is C.C.C=COCN.CCS(=O)OC(F)(F)C(F)(F)C(F)(F)C(F)(F)C(F)(F)C(F)(F)C(F)(F)C(F)(F)F. The molecule has 0 heterocycles. The van der Waals surface area contributed by atoms with Crippen molar-refractivity contribution in [2.75, 3.05) is 12.5 Å². The standard InChI is InChI=1S/C10H5F17O2S.C3H7NO.2CH4/c1-2-30(28)29-10(26,27)8(21,22)6(17,18)4(13,14)3(11,12)5(15,16)7(19,20)9(23,24)25;1-2-5-3-4;;/h2H2,1H3;2H,1,3-4H2;2*1H4. The molecule has 0 fully saturated rings. The fraction of sp³-hybridized carbons (Fsp3) is 0.867. The average Bonchev–Trinajstić information content (AvgIpc) is 2.66. The minimum atomic E-state index is -8.70. The van der Waals surface area contributed by atoms with Gasteiger partial charge in [0.1, 0.15) is 6.73 Å². The number of halogens is 17. The van der Waals surface area contributed by atoms with Gasteiger partial charge in [-0.2, -0.15) is 74.6 Å². The van der Waals surface area contributed by atoms with Gasteiger partial charge < -0.3 is 4.74 Å². The summed E-state index contributed by atoms with van der Waals surface area (Å²) in [4.78, 5) is 0. The Labute approximate surface area is 200 Å². The molecule has 0 aromatic heterocycles. The summed E-state index contributed by atoms with van der Waals surface area (Å²) in [5.74, 6) is -51.8. The Bertz CT molecular complexity index is 740. The lowest BCUT2D eigenvalue weighted by Crippen LogP contribution is -2.74. The van der Waals surface area contributed by atoms with Gasteiger partial charge in [-0.1, -0.05) is 28.4 Å². The molecule has 0 aromatic rings. The van der Waals surface area contributed by atoms with E-state index in [0.717, 1.165) is 0 Å². The molecule has 0 spiro atoms. The van der Waals surface area contributed by atoms with Crippen LogP contribution in [-0.4, -0.2) is 64.5 Å². The number of hydrogen-bond acceptors (Lipinski definition) is 4. The first-order chi connectivity index (χ1) is 15.1. The van der Waals surface area contributed by atoms with Crippen LogP contribution in [0.3, 0.4) is 0 Å². The van der Waals surface area contributed by atoms with Crippen molar-refractivity contribution in [3.05, 3.63) is 12.8 Å². The Morgan fingerprint density at radius 2 is 0.973 bits per heavy atom. The van der Waals surface area contributed by atoms with E-state index < -0.39 is 64.7 Å². The van der Waals surface area contributed by atoms with Crippen LogP contribution in [0.4, 0.5) is 74.6 Å². The van der Waals surface area contributed by atoms with Gasteiger partial charge in [-0.3, -0.25) is 5.73 Å². The van der Waals surface area contributed by atoms with E-state index in [1.165, 1.54) is 6.26 Å². The lowest BCUT2D eigenvalue weighted by Gasteiger charge is -2.42. The molecule has 228 valence electrons. The minimum Gasteiger partial charge on any atom is -0.487 e. The van der Waals surface area contributed by atoms with Crippen molar-refractivity contribution < 1.29 is 87.8 Å². The van der Waals surface area contributed by atoms with E-state index in [1.54, 1.807) is 0 Å². The van der Waals surface area contributed by atoms with E-state index in [2.05, 4.69) is 15.5 Å². The number of nitrogens with two attached hydrogens (primary N) is 1. The molecule has 0 bridgehead atoms. The van der Waals surface area contributed by atoms with Crippen LogP contribution >= 0.6 is 0 Å². The normalized spacial score (nSPS) is 14.9. The van der Waals surface area contributed by atoms with Gasteiger partial charge in [-0.25, -0.2) is 8.39 Å². The van der Waals surface area contributed by atoms with Gasteiger partial charge in [0, 0.05) is 5.75 Å². The largest absolute Gasteiger partial charge is 0.487 e. The average molecular weight is 617 g/mol.